The molecular weight excluding hydrogens is 453 g/mol. The molecular formula is C26H25ClFN5O. The van der Waals surface area contributed by atoms with Crippen molar-refractivity contribution < 1.29 is 9.50 Å². The van der Waals surface area contributed by atoms with Crippen molar-refractivity contribution in [2.75, 3.05) is 5.32 Å². The highest BCUT2D eigenvalue weighted by molar-refractivity contribution is 6.35. The van der Waals surface area contributed by atoms with Crippen LogP contribution < -0.4 is 5.32 Å². The molecule has 0 bridgehead atoms. The highest BCUT2D eigenvalue weighted by Crippen LogP contribution is 2.36. The molecule has 0 aliphatic carbocycles. The second-order valence-corrected chi connectivity index (χ2v) is 9.05. The summed E-state index contributed by atoms with van der Waals surface area (Å²) in [7, 11) is 0. The maximum atomic E-state index is 15.0. The van der Waals surface area contributed by atoms with Crippen LogP contribution in [0.4, 0.5) is 10.1 Å². The molecule has 2 N–H and O–H groups in total. The number of aryl methyl sites for hydroxylation is 1. The van der Waals surface area contributed by atoms with Gasteiger partial charge in [-0.05, 0) is 44.9 Å². The first kappa shape index (κ1) is 23.7. The summed E-state index contributed by atoms with van der Waals surface area (Å²) in [5.41, 5.74) is 3.23. The van der Waals surface area contributed by atoms with E-state index < -0.39 is 11.4 Å². The van der Waals surface area contributed by atoms with E-state index in [2.05, 4.69) is 31.8 Å². The average molecular weight is 478 g/mol. The Morgan fingerprint density at radius 1 is 1.18 bits per heavy atom. The standard InChI is InChI=1S/C26H25ClFN5O/c1-6-16-8-7-9-17(10-16)14(2)32-24-21(27)15(3)31-20-11-19(28)22(33-23(20)24)18-12-29-25(30-13-18)26(4,5)34/h6-14,34H,1H2,2-5H3,(H,31,32)/t14-/m1/s1. The lowest BCUT2D eigenvalue weighted by atomic mass is 10.0. The molecule has 3 heterocycles. The van der Waals surface area contributed by atoms with E-state index in [1.807, 2.05) is 31.2 Å². The fourth-order valence-electron chi connectivity index (χ4n) is 3.62. The van der Waals surface area contributed by atoms with Gasteiger partial charge in [0.15, 0.2) is 11.6 Å². The average Bonchev–Trinajstić information content (AvgIpc) is 2.81. The van der Waals surface area contributed by atoms with Gasteiger partial charge in [0.2, 0.25) is 0 Å². The molecule has 34 heavy (non-hydrogen) atoms. The molecule has 1 atom stereocenters. The molecule has 6 nitrogen and oxygen atoms in total. The largest absolute Gasteiger partial charge is 0.382 e. The Hall–Kier alpha value is -3.42. The summed E-state index contributed by atoms with van der Waals surface area (Å²) < 4.78 is 15.0. The van der Waals surface area contributed by atoms with E-state index in [0.29, 0.717) is 33.0 Å². The molecule has 0 unspecified atom stereocenters. The molecule has 0 spiro atoms. The minimum absolute atomic E-state index is 0.0703. The van der Waals surface area contributed by atoms with Gasteiger partial charge in [0.1, 0.15) is 16.8 Å². The van der Waals surface area contributed by atoms with Gasteiger partial charge in [-0.3, -0.25) is 0 Å². The number of hydrogen-bond donors (Lipinski definition) is 2. The van der Waals surface area contributed by atoms with Gasteiger partial charge in [0.05, 0.1) is 21.9 Å². The molecule has 4 rings (SSSR count). The third-order valence-corrected chi connectivity index (χ3v) is 5.96. The Balaban J connectivity index is 1.81. The SMILES string of the molecule is C=Cc1cccc([C@@H](C)Nc2c(Cl)c(C)nc3cc(F)c(-c4cnc(C(C)(C)O)nc4)nc23)c1. The van der Waals surface area contributed by atoms with Crippen molar-refractivity contribution in [1.29, 1.82) is 0 Å². The number of fused-ring (bicyclic) bond motifs is 1. The second kappa shape index (κ2) is 9.08. The van der Waals surface area contributed by atoms with Crippen LogP contribution in [0.25, 0.3) is 28.4 Å². The van der Waals surface area contributed by atoms with Gasteiger partial charge in [-0.25, -0.2) is 24.3 Å². The Kier molecular flexibility index (Phi) is 6.34. The Morgan fingerprint density at radius 2 is 1.88 bits per heavy atom. The van der Waals surface area contributed by atoms with Crippen molar-refractivity contribution in [3.8, 4) is 11.3 Å². The minimum Gasteiger partial charge on any atom is -0.382 e. The summed E-state index contributed by atoms with van der Waals surface area (Å²) >= 11 is 6.64. The summed E-state index contributed by atoms with van der Waals surface area (Å²) in [4.78, 5) is 17.4. The predicted octanol–water partition coefficient (Wildman–Crippen LogP) is 6.23. The minimum atomic E-state index is -1.21. The normalized spacial score (nSPS) is 12.6. The van der Waals surface area contributed by atoms with Gasteiger partial charge < -0.3 is 10.4 Å². The smallest absolute Gasteiger partial charge is 0.159 e. The van der Waals surface area contributed by atoms with Crippen LogP contribution in [0.1, 0.15) is 49.5 Å². The molecule has 0 fully saturated rings. The van der Waals surface area contributed by atoms with Crippen LogP contribution in [0.15, 0.2) is 49.3 Å². The number of anilines is 1. The number of rotatable bonds is 6. The van der Waals surface area contributed by atoms with E-state index in [1.165, 1.54) is 18.5 Å². The number of pyridine rings is 2. The summed E-state index contributed by atoms with van der Waals surface area (Å²) in [5, 5.41) is 13.9. The molecule has 1 aromatic carbocycles. The van der Waals surface area contributed by atoms with Crippen LogP contribution in [0.3, 0.4) is 0 Å². The summed E-state index contributed by atoms with van der Waals surface area (Å²) in [6.07, 6.45) is 4.67. The first-order valence-electron chi connectivity index (χ1n) is 10.8. The van der Waals surface area contributed by atoms with Crippen molar-refractivity contribution in [1.82, 2.24) is 19.9 Å². The third-order valence-electron chi connectivity index (χ3n) is 5.50. The molecule has 0 saturated heterocycles. The van der Waals surface area contributed by atoms with Gasteiger partial charge in [-0.1, -0.05) is 42.5 Å². The maximum absolute atomic E-state index is 15.0. The van der Waals surface area contributed by atoms with E-state index in [-0.39, 0.29) is 17.6 Å². The fourth-order valence-corrected chi connectivity index (χ4v) is 3.80. The first-order chi connectivity index (χ1) is 16.1. The van der Waals surface area contributed by atoms with Crippen molar-refractivity contribution in [3.63, 3.8) is 0 Å². The molecule has 0 amide bonds. The van der Waals surface area contributed by atoms with Gasteiger partial charge in [-0.15, -0.1) is 0 Å². The molecule has 8 heteroatoms. The van der Waals surface area contributed by atoms with Crippen LogP contribution in [-0.4, -0.2) is 25.0 Å². The number of hydrogen-bond acceptors (Lipinski definition) is 6. The number of aliphatic hydroxyl groups is 1. The van der Waals surface area contributed by atoms with Gasteiger partial charge in [-0.2, -0.15) is 0 Å². The Bertz CT molecular complexity index is 1380. The van der Waals surface area contributed by atoms with Crippen LogP contribution >= 0.6 is 11.6 Å². The predicted molar refractivity (Wildman–Crippen MR) is 134 cm³/mol. The second-order valence-electron chi connectivity index (χ2n) is 8.67. The highest BCUT2D eigenvalue weighted by atomic mass is 35.5. The topological polar surface area (TPSA) is 83.8 Å². The van der Waals surface area contributed by atoms with Crippen LogP contribution in [0.5, 0.6) is 0 Å². The van der Waals surface area contributed by atoms with Gasteiger partial charge in [0, 0.05) is 30.1 Å². The highest BCUT2D eigenvalue weighted by Gasteiger charge is 2.22. The number of nitrogens with one attached hydrogen (secondary N) is 1. The summed E-state index contributed by atoms with van der Waals surface area (Å²) in [6, 6.07) is 9.20. The zero-order valence-electron chi connectivity index (χ0n) is 19.4. The summed E-state index contributed by atoms with van der Waals surface area (Å²) in [5.74, 6) is -0.324. The van der Waals surface area contributed by atoms with Crippen LogP contribution in [-0.2, 0) is 5.60 Å². The third kappa shape index (κ3) is 4.62. The molecule has 4 aromatic rings. The van der Waals surface area contributed by atoms with E-state index in [1.54, 1.807) is 26.8 Å². The van der Waals surface area contributed by atoms with E-state index >= 15 is 4.39 Å². The molecule has 3 aromatic heterocycles. The number of nitrogens with zero attached hydrogens (tertiary/aromatic N) is 4. The van der Waals surface area contributed by atoms with E-state index in [4.69, 9.17) is 11.6 Å². The lowest BCUT2D eigenvalue weighted by molar-refractivity contribution is 0.0687. The number of aromatic nitrogens is 4. The maximum Gasteiger partial charge on any atom is 0.159 e. The van der Waals surface area contributed by atoms with E-state index in [9.17, 15) is 5.11 Å². The van der Waals surface area contributed by atoms with Crippen molar-refractivity contribution >= 4 is 34.4 Å². The van der Waals surface area contributed by atoms with Gasteiger partial charge in [0.25, 0.3) is 0 Å². The number of benzene rings is 1. The Morgan fingerprint density at radius 3 is 2.53 bits per heavy atom. The van der Waals surface area contributed by atoms with Crippen LogP contribution in [0.2, 0.25) is 5.02 Å². The van der Waals surface area contributed by atoms with Crippen molar-refractivity contribution in [2.24, 2.45) is 0 Å². The van der Waals surface area contributed by atoms with Crippen molar-refractivity contribution in [3.05, 3.63) is 82.8 Å². The quantitative estimate of drug-likeness (QED) is 0.342. The van der Waals surface area contributed by atoms with Crippen LogP contribution in [0, 0.1) is 12.7 Å². The molecule has 0 radical (unpaired) electrons. The lowest BCUT2D eigenvalue weighted by Gasteiger charge is -2.20. The zero-order chi connectivity index (χ0) is 24.6. The van der Waals surface area contributed by atoms with Gasteiger partial charge >= 0.3 is 0 Å². The molecule has 174 valence electrons. The zero-order valence-corrected chi connectivity index (χ0v) is 20.2. The molecule has 0 aliphatic rings. The Labute approximate surface area is 202 Å². The monoisotopic (exact) mass is 477 g/mol. The van der Waals surface area contributed by atoms with E-state index in [0.717, 1.165) is 11.1 Å². The fraction of sp³-hybridized carbons (Fsp3) is 0.231. The first-order valence-corrected chi connectivity index (χ1v) is 11.2. The van der Waals surface area contributed by atoms with Crippen molar-refractivity contribution in [2.45, 2.75) is 39.3 Å². The number of halogens is 2. The molecule has 0 aliphatic heterocycles. The summed E-state index contributed by atoms with van der Waals surface area (Å²) in [6.45, 7) is 10.8. The molecule has 0 saturated carbocycles. The lowest BCUT2D eigenvalue weighted by Crippen LogP contribution is -2.19.